The molecule has 0 amide bonds. The molecule has 0 spiro atoms. The Morgan fingerprint density at radius 1 is 0.929 bits per heavy atom. The first kappa shape index (κ1) is 21.1. The van der Waals surface area contributed by atoms with Crippen LogP contribution in [0.4, 0.5) is 0 Å². The number of phenolic OH excluding ortho intramolecular Hbond substituents is 1. The highest BCUT2D eigenvalue weighted by Gasteiger charge is 2.26. The van der Waals surface area contributed by atoms with E-state index < -0.39 is 16.8 Å². The van der Waals surface area contributed by atoms with E-state index in [0.717, 1.165) is 0 Å². The third-order valence-corrected chi connectivity index (χ3v) is 4.28. The summed E-state index contributed by atoms with van der Waals surface area (Å²) in [7, 11) is 5.72. The van der Waals surface area contributed by atoms with E-state index in [2.05, 4.69) is 6.58 Å². The minimum absolute atomic E-state index is 0.0120. The second-order valence-corrected chi connectivity index (χ2v) is 5.88. The number of carbonyl (C=O) groups is 2. The van der Waals surface area contributed by atoms with E-state index in [4.69, 9.17) is 30.5 Å². The molecule has 2 aromatic rings. The van der Waals surface area contributed by atoms with Crippen LogP contribution in [0.5, 0.6) is 28.7 Å². The van der Waals surface area contributed by atoms with Gasteiger partial charge in [-0.2, -0.15) is 0 Å². The lowest BCUT2D eigenvalue weighted by Crippen LogP contribution is -2.10. The van der Waals surface area contributed by atoms with Crippen LogP contribution in [0.3, 0.4) is 0 Å². The van der Waals surface area contributed by atoms with Gasteiger partial charge < -0.3 is 24.1 Å². The summed E-state index contributed by atoms with van der Waals surface area (Å²) in [5.74, 6) is -0.383. The van der Waals surface area contributed by atoms with Crippen LogP contribution in [0.15, 0.2) is 30.8 Å². The summed E-state index contributed by atoms with van der Waals surface area (Å²) in [4.78, 5) is 23.5. The van der Waals surface area contributed by atoms with E-state index in [1.54, 1.807) is 12.1 Å². The third-order valence-electron chi connectivity index (χ3n) is 4.10. The van der Waals surface area contributed by atoms with Crippen LogP contribution >= 0.6 is 11.6 Å². The van der Waals surface area contributed by atoms with Crippen LogP contribution < -0.4 is 18.9 Å². The summed E-state index contributed by atoms with van der Waals surface area (Å²) < 4.78 is 21.0. The van der Waals surface area contributed by atoms with Gasteiger partial charge in [0.05, 0.1) is 28.4 Å². The molecular weight excluding hydrogens is 388 g/mol. The highest BCUT2D eigenvalue weighted by molar-refractivity contribution is 6.83. The number of aromatic hydroxyl groups is 1. The number of methoxy groups -OCH3 is 4. The minimum atomic E-state index is -1.25. The van der Waals surface area contributed by atoms with Gasteiger partial charge in [-0.1, -0.05) is 6.58 Å². The molecule has 148 valence electrons. The Kier molecular flexibility index (Phi) is 6.53. The number of benzene rings is 2. The maximum atomic E-state index is 12.1. The Balaban J connectivity index is 2.66. The quantitative estimate of drug-likeness (QED) is 0.408. The van der Waals surface area contributed by atoms with E-state index in [1.807, 2.05) is 0 Å². The molecule has 0 aliphatic carbocycles. The molecule has 0 saturated carbocycles. The van der Waals surface area contributed by atoms with Crippen molar-refractivity contribution in [2.45, 2.75) is 0 Å². The smallest absolute Gasteiger partial charge is 0.293 e. The first-order valence-corrected chi connectivity index (χ1v) is 8.32. The molecule has 0 radical (unpaired) electrons. The lowest BCUT2D eigenvalue weighted by atomic mass is 9.94. The second-order valence-electron chi connectivity index (χ2n) is 5.53. The number of Topliss-reactive ketones (excluding diaryl/α,β-unsaturated/α-hetero) is 1. The fraction of sp³-hybridized carbons (Fsp3) is 0.200. The SMILES string of the molecule is C=C(c1cc(OC)c(OC)c(OC)c1)c1ccc(OC)c(C(=O)C(=O)Cl)c1O. The zero-order chi connectivity index (χ0) is 21.0. The van der Waals surface area contributed by atoms with Crippen molar-refractivity contribution in [2.24, 2.45) is 0 Å². The summed E-state index contributed by atoms with van der Waals surface area (Å²) in [5.41, 5.74) is 0.742. The predicted molar refractivity (Wildman–Crippen MR) is 104 cm³/mol. The molecule has 28 heavy (non-hydrogen) atoms. The van der Waals surface area contributed by atoms with E-state index in [9.17, 15) is 14.7 Å². The van der Waals surface area contributed by atoms with Gasteiger partial charge in [-0.25, -0.2) is 0 Å². The van der Waals surface area contributed by atoms with Crippen molar-refractivity contribution < 1.29 is 33.6 Å². The average Bonchev–Trinajstić information content (AvgIpc) is 2.70. The molecule has 0 atom stereocenters. The number of halogens is 1. The van der Waals surface area contributed by atoms with E-state index in [-0.39, 0.29) is 16.9 Å². The summed E-state index contributed by atoms with van der Waals surface area (Å²) in [6, 6.07) is 6.23. The van der Waals surface area contributed by atoms with Crippen LogP contribution in [-0.4, -0.2) is 44.6 Å². The Morgan fingerprint density at radius 3 is 1.89 bits per heavy atom. The molecule has 7 nitrogen and oxygen atoms in total. The Labute approximate surface area is 167 Å². The van der Waals surface area contributed by atoms with Crippen molar-refractivity contribution in [3.63, 3.8) is 0 Å². The van der Waals surface area contributed by atoms with Crippen LogP contribution in [0.2, 0.25) is 0 Å². The van der Waals surface area contributed by atoms with Gasteiger partial charge >= 0.3 is 0 Å². The van der Waals surface area contributed by atoms with Gasteiger partial charge in [0.2, 0.25) is 5.75 Å². The third kappa shape index (κ3) is 3.75. The molecule has 8 heteroatoms. The van der Waals surface area contributed by atoms with Crippen LogP contribution in [0.1, 0.15) is 21.5 Å². The Hall–Kier alpha value is -3.19. The maximum Gasteiger partial charge on any atom is 0.293 e. The largest absolute Gasteiger partial charge is 0.506 e. The van der Waals surface area contributed by atoms with Crippen molar-refractivity contribution in [3.8, 4) is 28.7 Å². The summed E-state index contributed by atoms with van der Waals surface area (Å²) in [6.45, 7) is 3.98. The number of hydrogen-bond acceptors (Lipinski definition) is 7. The van der Waals surface area contributed by atoms with Gasteiger partial charge in [0.1, 0.15) is 17.1 Å². The fourth-order valence-electron chi connectivity index (χ4n) is 2.71. The molecule has 0 aliphatic rings. The van der Waals surface area contributed by atoms with Crippen LogP contribution in [-0.2, 0) is 4.79 Å². The van der Waals surface area contributed by atoms with Gasteiger partial charge in [-0.15, -0.1) is 0 Å². The number of hydrogen-bond donors (Lipinski definition) is 1. The lowest BCUT2D eigenvalue weighted by molar-refractivity contribution is -0.108. The highest BCUT2D eigenvalue weighted by Crippen LogP contribution is 2.43. The highest BCUT2D eigenvalue weighted by atomic mass is 35.5. The van der Waals surface area contributed by atoms with E-state index >= 15 is 0 Å². The molecule has 0 unspecified atom stereocenters. The first-order valence-electron chi connectivity index (χ1n) is 7.94. The molecule has 2 aromatic carbocycles. The van der Waals surface area contributed by atoms with Gasteiger partial charge in [0, 0.05) is 5.56 Å². The topological polar surface area (TPSA) is 91.3 Å². The molecule has 0 heterocycles. The molecule has 0 fully saturated rings. The van der Waals surface area contributed by atoms with Crippen molar-refractivity contribution in [3.05, 3.63) is 47.5 Å². The molecule has 0 aromatic heterocycles. The summed E-state index contributed by atoms with van der Waals surface area (Å²) >= 11 is 5.30. The van der Waals surface area contributed by atoms with Gasteiger partial charge in [-0.05, 0) is 47.0 Å². The Bertz CT molecular complexity index is 925. The molecule has 2 rings (SSSR count). The standard InChI is InChI=1S/C20H19ClO7/c1-10(11-8-14(26-3)19(28-5)15(9-11)27-4)12-6-7-13(25-2)16(17(12)22)18(23)20(21)24/h6-9,22H,1H2,2-5H3. The number of carbonyl (C=O) groups excluding carboxylic acids is 2. The molecule has 0 aliphatic heterocycles. The second kappa shape index (κ2) is 8.67. The molecule has 1 N–H and O–H groups in total. The van der Waals surface area contributed by atoms with Crippen molar-refractivity contribution in [2.75, 3.05) is 28.4 Å². The normalized spacial score (nSPS) is 10.2. The lowest BCUT2D eigenvalue weighted by Gasteiger charge is -2.17. The predicted octanol–water partition coefficient (Wildman–Crippen LogP) is 3.44. The summed E-state index contributed by atoms with van der Waals surface area (Å²) in [5, 5.41) is 9.40. The van der Waals surface area contributed by atoms with Crippen molar-refractivity contribution in [1.29, 1.82) is 0 Å². The van der Waals surface area contributed by atoms with E-state index in [0.29, 0.717) is 28.4 Å². The van der Waals surface area contributed by atoms with Crippen molar-refractivity contribution in [1.82, 2.24) is 0 Å². The first-order chi connectivity index (χ1) is 13.3. The molecule has 0 saturated heterocycles. The number of rotatable bonds is 8. The number of ether oxygens (including phenoxy) is 4. The van der Waals surface area contributed by atoms with Gasteiger partial charge in [-0.3, -0.25) is 9.59 Å². The number of ketones is 1. The van der Waals surface area contributed by atoms with Crippen molar-refractivity contribution >= 4 is 28.2 Å². The van der Waals surface area contributed by atoms with Gasteiger partial charge in [0.25, 0.3) is 11.0 Å². The van der Waals surface area contributed by atoms with E-state index in [1.165, 1.54) is 40.6 Å². The van der Waals surface area contributed by atoms with Gasteiger partial charge in [0.15, 0.2) is 11.5 Å². The zero-order valence-corrected chi connectivity index (χ0v) is 16.5. The maximum absolute atomic E-state index is 12.1. The number of phenols is 1. The fourth-order valence-corrected chi connectivity index (χ4v) is 2.81. The van der Waals surface area contributed by atoms with Crippen LogP contribution in [0.25, 0.3) is 5.57 Å². The summed E-state index contributed by atoms with van der Waals surface area (Å²) in [6.07, 6.45) is 0. The monoisotopic (exact) mass is 406 g/mol. The van der Waals surface area contributed by atoms with Crippen LogP contribution in [0, 0.1) is 0 Å². The minimum Gasteiger partial charge on any atom is -0.506 e. The average molecular weight is 407 g/mol. The zero-order valence-electron chi connectivity index (χ0n) is 15.8. The molecule has 0 bridgehead atoms. The molecular formula is C20H19ClO7. The Morgan fingerprint density at radius 2 is 1.46 bits per heavy atom.